The summed E-state index contributed by atoms with van der Waals surface area (Å²) in [6.07, 6.45) is -3.04. The lowest BCUT2D eigenvalue weighted by Crippen LogP contribution is -2.33. The average molecular weight is 282 g/mol. The first-order valence-electron chi connectivity index (χ1n) is 5.61. The molecule has 0 aliphatic carbocycles. The lowest BCUT2D eigenvalue weighted by atomic mass is 10.0. The average Bonchev–Trinajstić information content (AvgIpc) is 2.77. The second kappa shape index (κ2) is 6.49. The predicted molar refractivity (Wildman–Crippen MR) is 64.9 cm³/mol. The third-order valence-electron chi connectivity index (χ3n) is 2.74. The highest BCUT2D eigenvalue weighted by atomic mass is 32.1. The summed E-state index contributed by atoms with van der Waals surface area (Å²) in [5, 5.41) is 2.42. The molecule has 7 heteroatoms. The second-order valence-electron chi connectivity index (χ2n) is 4.09. The normalized spacial score (nSPS) is 15.7. The molecule has 1 rings (SSSR count). The van der Waals surface area contributed by atoms with Crippen LogP contribution in [0.1, 0.15) is 29.7 Å². The Bertz CT molecular complexity index is 367. The van der Waals surface area contributed by atoms with Gasteiger partial charge in [-0.15, -0.1) is 11.3 Å². The standard InChI is InChI=1S/C11H17F3N2OS/c1-7(8(2)15-4-5-17-3)9-6-16-10(18-9)11(12,13)14/h6-8,15H,4-5H2,1-3H3. The summed E-state index contributed by atoms with van der Waals surface area (Å²) < 4.78 is 42.2. The van der Waals surface area contributed by atoms with Gasteiger partial charge in [-0.1, -0.05) is 6.92 Å². The van der Waals surface area contributed by atoms with Crippen LogP contribution in [0.5, 0.6) is 0 Å². The molecule has 0 radical (unpaired) electrons. The fourth-order valence-corrected chi connectivity index (χ4v) is 2.38. The molecular weight excluding hydrogens is 265 g/mol. The van der Waals surface area contributed by atoms with Crippen LogP contribution in [-0.2, 0) is 10.9 Å². The first-order valence-corrected chi connectivity index (χ1v) is 6.43. The molecule has 0 aliphatic heterocycles. The molecule has 3 nitrogen and oxygen atoms in total. The van der Waals surface area contributed by atoms with Crippen LogP contribution in [0, 0.1) is 0 Å². The van der Waals surface area contributed by atoms with Gasteiger partial charge in [0.05, 0.1) is 6.61 Å². The SMILES string of the molecule is COCCNC(C)C(C)c1cnc(C(F)(F)F)s1. The monoisotopic (exact) mass is 282 g/mol. The molecule has 0 bridgehead atoms. The van der Waals surface area contributed by atoms with Gasteiger partial charge >= 0.3 is 6.18 Å². The number of methoxy groups -OCH3 is 1. The van der Waals surface area contributed by atoms with Crippen LogP contribution in [0.2, 0.25) is 0 Å². The minimum absolute atomic E-state index is 0.0181. The largest absolute Gasteiger partial charge is 0.443 e. The summed E-state index contributed by atoms with van der Waals surface area (Å²) in [7, 11) is 1.61. The van der Waals surface area contributed by atoms with Gasteiger partial charge in [-0.25, -0.2) is 4.98 Å². The van der Waals surface area contributed by atoms with E-state index in [0.717, 1.165) is 0 Å². The van der Waals surface area contributed by atoms with Crippen molar-refractivity contribution in [3.63, 3.8) is 0 Å². The molecule has 0 aromatic carbocycles. The molecule has 2 atom stereocenters. The third kappa shape index (κ3) is 4.22. The van der Waals surface area contributed by atoms with Gasteiger partial charge in [-0.05, 0) is 6.92 Å². The summed E-state index contributed by atoms with van der Waals surface area (Å²) in [5.41, 5.74) is 0. The molecule has 18 heavy (non-hydrogen) atoms. The molecule has 0 spiro atoms. The van der Waals surface area contributed by atoms with E-state index < -0.39 is 11.2 Å². The van der Waals surface area contributed by atoms with Gasteiger partial charge in [-0.3, -0.25) is 0 Å². The Morgan fingerprint density at radius 2 is 2.11 bits per heavy atom. The van der Waals surface area contributed by atoms with Crippen molar-refractivity contribution in [3.8, 4) is 0 Å². The number of hydrogen-bond acceptors (Lipinski definition) is 4. The molecule has 1 heterocycles. The molecule has 0 amide bonds. The highest BCUT2D eigenvalue weighted by Crippen LogP contribution is 2.35. The molecule has 2 unspecified atom stereocenters. The Morgan fingerprint density at radius 3 is 2.61 bits per heavy atom. The van der Waals surface area contributed by atoms with E-state index in [1.54, 1.807) is 7.11 Å². The Morgan fingerprint density at radius 1 is 1.44 bits per heavy atom. The Balaban J connectivity index is 2.60. The summed E-state index contributed by atoms with van der Waals surface area (Å²) >= 11 is 0.708. The highest BCUT2D eigenvalue weighted by molar-refractivity contribution is 7.11. The second-order valence-corrected chi connectivity index (χ2v) is 5.15. The van der Waals surface area contributed by atoms with Crippen molar-refractivity contribution in [3.05, 3.63) is 16.1 Å². The van der Waals surface area contributed by atoms with Crippen LogP contribution in [0.25, 0.3) is 0 Å². The number of rotatable bonds is 6. The van der Waals surface area contributed by atoms with Crippen LogP contribution in [0.4, 0.5) is 13.2 Å². The van der Waals surface area contributed by atoms with Crippen molar-refractivity contribution < 1.29 is 17.9 Å². The van der Waals surface area contributed by atoms with E-state index in [4.69, 9.17) is 4.74 Å². The molecule has 1 aromatic heterocycles. The smallest absolute Gasteiger partial charge is 0.383 e. The van der Waals surface area contributed by atoms with Crippen LogP contribution in [-0.4, -0.2) is 31.3 Å². The van der Waals surface area contributed by atoms with Crippen LogP contribution in [0.3, 0.4) is 0 Å². The van der Waals surface area contributed by atoms with Crippen LogP contribution >= 0.6 is 11.3 Å². The number of halogens is 3. The lowest BCUT2D eigenvalue weighted by molar-refractivity contribution is -0.137. The topological polar surface area (TPSA) is 34.1 Å². The number of nitrogens with zero attached hydrogens (tertiary/aromatic N) is 1. The van der Waals surface area contributed by atoms with E-state index >= 15 is 0 Å². The van der Waals surface area contributed by atoms with E-state index in [2.05, 4.69) is 10.3 Å². The third-order valence-corrected chi connectivity index (χ3v) is 3.98. The quantitative estimate of drug-likeness (QED) is 0.815. The number of alkyl halides is 3. The van der Waals surface area contributed by atoms with E-state index in [1.807, 2.05) is 13.8 Å². The minimum Gasteiger partial charge on any atom is -0.383 e. The molecule has 0 fully saturated rings. The fourth-order valence-electron chi connectivity index (χ4n) is 1.44. The maximum absolute atomic E-state index is 12.4. The van der Waals surface area contributed by atoms with E-state index in [9.17, 15) is 13.2 Å². The van der Waals surface area contributed by atoms with Gasteiger partial charge in [0.2, 0.25) is 0 Å². The number of hydrogen-bond donors (Lipinski definition) is 1. The Labute approximate surface area is 108 Å². The first-order chi connectivity index (χ1) is 8.36. The van der Waals surface area contributed by atoms with Crippen molar-refractivity contribution in [1.29, 1.82) is 0 Å². The van der Waals surface area contributed by atoms with Gasteiger partial charge in [0.1, 0.15) is 0 Å². The summed E-state index contributed by atoms with van der Waals surface area (Å²) in [4.78, 5) is 4.07. The summed E-state index contributed by atoms with van der Waals surface area (Å²) in [6.45, 7) is 5.08. The number of aromatic nitrogens is 1. The van der Waals surface area contributed by atoms with Crippen LogP contribution in [0.15, 0.2) is 6.20 Å². The van der Waals surface area contributed by atoms with Crippen molar-refractivity contribution in [2.24, 2.45) is 0 Å². The minimum atomic E-state index is -4.35. The van der Waals surface area contributed by atoms with Crippen molar-refractivity contribution in [2.45, 2.75) is 32.0 Å². The number of nitrogens with one attached hydrogen (secondary N) is 1. The molecule has 1 N–H and O–H groups in total. The predicted octanol–water partition coefficient (Wildman–Crippen LogP) is 2.89. The maximum Gasteiger partial charge on any atom is 0.443 e. The van der Waals surface area contributed by atoms with Crippen LogP contribution < -0.4 is 5.32 Å². The molecule has 104 valence electrons. The molecule has 0 saturated carbocycles. The Kier molecular flexibility index (Phi) is 5.55. The van der Waals surface area contributed by atoms with Crippen molar-refractivity contribution >= 4 is 11.3 Å². The van der Waals surface area contributed by atoms with E-state index in [0.29, 0.717) is 29.4 Å². The van der Waals surface area contributed by atoms with Gasteiger partial charge in [0, 0.05) is 36.7 Å². The zero-order chi connectivity index (χ0) is 13.8. The lowest BCUT2D eigenvalue weighted by Gasteiger charge is -2.19. The zero-order valence-electron chi connectivity index (χ0n) is 10.5. The Hall–Kier alpha value is -0.660. The summed E-state index contributed by atoms with van der Waals surface area (Å²) in [6, 6.07) is 0.0710. The number of ether oxygens (including phenoxy) is 1. The van der Waals surface area contributed by atoms with Gasteiger partial charge in [0.25, 0.3) is 0 Å². The highest BCUT2D eigenvalue weighted by Gasteiger charge is 2.35. The van der Waals surface area contributed by atoms with E-state index in [1.165, 1.54) is 6.20 Å². The van der Waals surface area contributed by atoms with Crippen molar-refractivity contribution in [2.75, 3.05) is 20.3 Å². The maximum atomic E-state index is 12.4. The molecular formula is C11H17F3N2OS. The molecule has 0 aliphatic rings. The first kappa shape index (κ1) is 15.4. The fraction of sp³-hybridized carbons (Fsp3) is 0.727. The summed E-state index contributed by atoms with van der Waals surface area (Å²) in [5.74, 6) is -0.0181. The van der Waals surface area contributed by atoms with Crippen molar-refractivity contribution in [1.82, 2.24) is 10.3 Å². The van der Waals surface area contributed by atoms with Gasteiger partial charge in [-0.2, -0.15) is 13.2 Å². The zero-order valence-corrected chi connectivity index (χ0v) is 11.4. The molecule has 0 saturated heterocycles. The molecule has 1 aromatic rings. The van der Waals surface area contributed by atoms with Gasteiger partial charge < -0.3 is 10.1 Å². The van der Waals surface area contributed by atoms with Gasteiger partial charge in [0.15, 0.2) is 5.01 Å². The number of thiazole rings is 1. The van der Waals surface area contributed by atoms with E-state index in [-0.39, 0.29) is 12.0 Å².